The quantitative estimate of drug-likeness (QED) is 0.686. The Balaban J connectivity index is 1.67. The van der Waals surface area contributed by atoms with Gasteiger partial charge in [-0.05, 0) is 61.7 Å². The predicted molar refractivity (Wildman–Crippen MR) is 115 cm³/mol. The molecule has 2 aromatic carbocycles. The normalized spacial score (nSPS) is 16.1. The van der Waals surface area contributed by atoms with Gasteiger partial charge < -0.3 is 9.64 Å². The highest BCUT2D eigenvalue weighted by Gasteiger charge is 2.26. The Labute approximate surface area is 177 Å². The molecule has 0 N–H and O–H groups in total. The number of carbonyl (C=O) groups excluding carboxylic acids is 1. The number of methoxy groups -OCH3 is 1. The molecule has 2 aromatic rings. The van der Waals surface area contributed by atoms with Gasteiger partial charge in [-0.2, -0.15) is 0 Å². The molecule has 1 aliphatic heterocycles. The summed E-state index contributed by atoms with van der Waals surface area (Å²) in [5.41, 5.74) is 4.33. The number of hydrogen-bond donors (Lipinski definition) is 0. The van der Waals surface area contributed by atoms with Crippen molar-refractivity contribution < 1.29 is 9.53 Å². The summed E-state index contributed by atoms with van der Waals surface area (Å²) < 4.78 is 5.43. The number of nitrogens with zero attached hydrogens (tertiary/aromatic N) is 2. The van der Waals surface area contributed by atoms with E-state index < -0.39 is 0 Å². The number of ether oxygens (including phenoxy) is 1. The highest BCUT2D eigenvalue weighted by Crippen LogP contribution is 2.31. The Hall–Kier alpha value is -1.75. The summed E-state index contributed by atoms with van der Waals surface area (Å²) in [5, 5.41) is 0.868. The molecule has 1 unspecified atom stereocenters. The highest BCUT2D eigenvalue weighted by atomic mass is 35.5. The molecule has 150 valence electrons. The molecule has 0 aliphatic carbocycles. The van der Waals surface area contributed by atoms with Gasteiger partial charge in [-0.15, -0.1) is 0 Å². The molecule has 0 radical (unpaired) electrons. The Morgan fingerprint density at radius 1 is 1.00 bits per heavy atom. The third-order valence-electron chi connectivity index (χ3n) is 5.77. The van der Waals surface area contributed by atoms with Gasteiger partial charge in [-0.3, -0.25) is 9.69 Å². The number of hydrogen-bond acceptors (Lipinski definition) is 3. The van der Waals surface area contributed by atoms with Crippen molar-refractivity contribution in [3.05, 3.63) is 62.6 Å². The second kappa shape index (κ2) is 8.73. The maximum atomic E-state index is 12.8. The van der Waals surface area contributed by atoms with Crippen LogP contribution in [0.15, 0.2) is 30.3 Å². The number of carbonyl (C=O) groups is 1. The molecule has 28 heavy (non-hydrogen) atoms. The van der Waals surface area contributed by atoms with Gasteiger partial charge in [-0.1, -0.05) is 29.3 Å². The zero-order valence-corrected chi connectivity index (χ0v) is 18.3. The first-order chi connectivity index (χ1) is 13.3. The Morgan fingerprint density at radius 2 is 1.68 bits per heavy atom. The van der Waals surface area contributed by atoms with Gasteiger partial charge in [-0.25, -0.2) is 0 Å². The van der Waals surface area contributed by atoms with Crippen molar-refractivity contribution >= 4 is 29.1 Å². The molecule has 6 heteroatoms. The van der Waals surface area contributed by atoms with Gasteiger partial charge in [0.2, 0.25) is 0 Å². The number of benzene rings is 2. The van der Waals surface area contributed by atoms with Crippen molar-refractivity contribution in [1.29, 1.82) is 0 Å². The number of amides is 1. The summed E-state index contributed by atoms with van der Waals surface area (Å²) in [4.78, 5) is 17.1. The van der Waals surface area contributed by atoms with Crippen LogP contribution in [0.5, 0.6) is 5.75 Å². The largest absolute Gasteiger partial charge is 0.496 e. The summed E-state index contributed by atoms with van der Waals surface area (Å²) >= 11 is 12.0. The van der Waals surface area contributed by atoms with E-state index in [1.165, 1.54) is 16.7 Å². The Morgan fingerprint density at radius 3 is 2.29 bits per heavy atom. The van der Waals surface area contributed by atoms with E-state index >= 15 is 0 Å². The number of halogens is 2. The van der Waals surface area contributed by atoms with Gasteiger partial charge in [0.15, 0.2) is 0 Å². The van der Waals surface area contributed by atoms with Gasteiger partial charge in [0.05, 0.1) is 17.2 Å². The van der Waals surface area contributed by atoms with E-state index in [9.17, 15) is 4.79 Å². The predicted octanol–water partition coefficient (Wildman–Crippen LogP) is 5.14. The van der Waals surface area contributed by atoms with Crippen LogP contribution in [0.3, 0.4) is 0 Å². The fourth-order valence-electron chi connectivity index (χ4n) is 3.81. The molecule has 1 fully saturated rings. The average Bonchev–Trinajstić information content (AvgIpc) is 2.71. The standard InChI is InChI=1S/C22H26Cl2N2O2/c1-14-15(2)21(28-4)8-6-18(14)16(3)25-9-11-26(12-10-25)22(27)17-5-7-19(23)20(24)13-17/h5-8,13,16H,9-12H2,1-4H3. The lowest BCUT2D eigenvalue weighted by atomic mass is 9.96. The number of piperazine rings is 1. The summed E-state index contributed by atoms with van der Waals surface area (Å²) in [7, 11) is 1.70. The second-order valence-corrected chi connectivity index (χ2v) is 8.05. The lowest BCUT2D eigenvalue weighted by Gasteiger charge is -2.39. The van der Waals surface area contributed by atoms with Crippen LogP contribution in [-0.2, 0) is 0 Å². The lowest BCUT2D eigenvalue weighted by molar-refractivity contribution is 0.0581. The molecule has 0 saturated carbocycles. The van der Waals surface area contributed by atoms with Crippen LogP contribution in [0, 0.1) is 13.8 Å². The molecule has 0 aromatic heterocycles. The van der Waals surface area contributed by atoms with Crippen LogP contribution in [-0.4, -0.2) is 49.0 Å². The van der Waals surface area contributed by atoms with Gasteiger partial charge in [0.1, 0.15) is 5.75 Å². The molecule has 1 saturated heterocycles. The SMILES string of the molecule is COc1ccc(C(C)N2CCN(C(=O)c3ccc(Cl)c(Cl)c3)CC2)c(C)c1C. The van der Waals surface area contributed by atoms with Crippen LogP contribution in [0.25, 0.3) is 0 Å². The minimum atomic E-state index is 0.00217. The molecule has 0 spiro atoms. The Kier molecular flexibility index (Phi) is 6.54. The first kappa shape index (κ1) is 21.0. The van der Waals surface area contributed by atoms with Gasteiger partial charge in [0.25, 0.3) is 5.91 Å². The van der Waals surface area contributed by atoms with Crippen LogP contribution in [0.2, 0.25) is 10.0 Å². The molecule has 4 nitrogen and oxygen atoms in total. The van der Waals surface area contributed by atoms with Crippen molar-refractivity contribution in [2.24, 2.45) is 0 Å². The van der Waals surface area contributed by atoms with Gasteiger partial charge >= 0.3 is 0 Å². The topological polar surface area (TPSA) is 32.8 Å². The van der Waals surface area contributed by atoms with Crippen LogP contribution in [0.1, 0.15) is 40.0 Å². The second-order valence-electron chi connectivity index (χ2n) is 7.24. The van der Waals surface area contributed by atoms with E-state index in [-0.39, 0.29) is 11.9 Å². The monoisotopic (exact) mass is 420 g/mol. The highest BCUT2D eigenvalue weighted by molar-refractivity contribution is 6.42. The molecular weight excluding hydrogens is 395 g/mol. The zero-order valence-electron chi connectivity index (χ0n) is 16.8. The maximum absolute atomic E-state index is 12.8. The minimum Gasteiger partial charge on any atom is -0.496 e. The van der Waals surface area contributed by atoms with Crippen molar-refractivity contribution in [2.75, 3.05) is 33.3 Å². The van der Waals surface area contributed by atoms with E-state index in [0.29, 0.717) is 28.7 Å². The third-order valence-corrected chi connectivity index (χ3v) is 6.50. The smallest absolute Gasteiger partial charge is 0.253 e. The molecule has 1 aliphatic rings. The van der Waals surface area contributed by atoms with E-state index in [1.54, 1.807) is 25.3 Å². The van der Waals surface area contributed by atoms with Crippen LogP contribution < -0.4 is 4.74 Å². The molecule has 3 rings (SSSR count). The minimum absolute atomic E-state index is 0.00217. The van der Waals surface area contributed by atoms with Crippen molar-refractivity contribution in [3.63, 3.8) is 0 Å². The lowest BCUT2D eigenvalue weighted by Crippen LogP contribution is -2.49. The Bertz CT molecular complexity index is 877. The molecule has 0 bridgehead atoms. The molecule has 1 heterocycles. The summed E-state index contributed by atoms with van der Waals surface area (Å²) in [6, 6.07) is 9.52. The van der Waals surface area contributed by atoms with Crippen LogP contribution >= 0.6 is 23.2 Å². The van der Waals surface area contributed by atoms with Crippen molar-refractivity contribution in [3.8, 4) is 5.75 Å². The fourth-order valence-corrected chi connectivity index (χ4v) is 4.11. The molecular formula is C22H26Cl2N2O2. The summed E-state index contributed by atoms with van der Waals surface area (Å²) in [6.45, 7) is 9.52. The number of rotatable bonds is 4. The third kappa shape index (κ3) is 4.14. The summed E-state index contributed by atoms with van der Waals surface area (Å²) in [6.07, 6.45) is 0. The molecule has 1 atom stereocenters. The fraction of sp³-hybridized carbons (Fsp3) is 0.409. The van der Waals surface area contributed by atoms with Gasteiger partial charge in [0, 0.05) is 37.8 Å². The zero-order chi connectivity index (χ0) is 20.4. The van der Waals surface area contributed by atoms with E-state index in [0.717, 1.165) is 18.8 Å². The van der Waals surface area contributed by atoms with Crippen molar-refractivity contribution in [2.45, 2.75) is 26.8 Å². The average molecular weight is 421 g/mol. The van der Waals surface area contributed by atoms with Crippen molar-refractivity contribution in [1.82, 2.24) is 9.80 Å². The molecule has 1 amide bonds. The van der Waals surface area contributed by atoms with E-state index in [1.807, 2.05) is 11.0 Å². The first-order valence-electron chi connectivity index (χ1n) is 9.46. The maximum Gasteiger partial charge on any atom is 0.253 e. The van der Waals surface area contributed by atoms with Crippen LogP contribution in [0.4, 0.5) is 0 Å². The first-order valence-corrected chi connectivity index (χ1v) is 10.2. The van der Waals surface area contributed by atoms with E-state index in [2.05, 4.69) is 31.7 Å². The van der Waals surface area contributed by atoms with E-state index in [4.69, 9.17) is 27.9 Å². The summed E-state index contributed by atoms with van der Waals surface area (Å²) in [5.74, 6) is 0.924.